The first-order valence-electron chi connectivity index (χ1n) is 7.52. The van der Waals surface area contributed by atoms with E-state index < -0.39 is 0 Å². The summed E-state index contributed by atoms with van der Waals surface area (Å²) in [5, 5.41) is 0. The molecular formula is C17H21BrN2S. The minimum Gasteiger partial charge on any atom is -0.298 e. The fraction of sp³-hybridized carbons (Fsp3) is 0.412. The van der Waals surface area contributed by atoms with Gasteiger partial charge in [0.2, 0.25) is 0 Å². The van der Waals surface area contributed by atoms with Gasteiger partial charge >= 0.3 is 0 Å². The molecule has 0 aliphatic carbocycles. The maximum Gasteiger partial charge on any atom is 0.0701 e. The van der Waals surface area contributed by atoms with Gasteiger partial charge in [0.15, 0.2) is 0 Å². The molecule has 21 heavy (non-hydrogen) atoms. The van der Waals surface area contributed by atoms with Gasteiger partial charge in [-0.1, -0.05) is 30.3 Å². The molecule has 2 nitrogen and oxygen atoms in total. The van der Waals surface area contributed by atoms with Crippen LogP contribution in [-0.2, 0) is 13.1 Å². The Morgan fingerprint density at radius 1 is 0.857 bits per heavy atom. The van der Waals surface area contributed by atoms with Crippen LogP contribution in [0.1, 0.15) is 16.9 Å². The summed E-state index contributed by atoms with van der Waals surface area (Å²) in [5.74, 6) is 0. The Labute approximate surface area is 139 Å². The topological polar surface area (TPSA) is 6.48 Å². The molecule has 0 radical (unpaired) electrons. The summed E-state index contributed by atoms with van der Waals surface area (Å²) in [7, 11) is 0. The summed E-state index contributed by atoms with van der Waals surface area (Å²) in [4.78, 5) is 6.63. The average molecular weight is 365 g/mol. The zero-order valence-electron chi connectivity index (χ0n) is 12.2. The molecule has 0 N–H and O–H groups in total. The Morgan fingerprint density at radius 3 is 2.24 bits per heavy atom. The van der Waals surface area contributed by atoms with Gasteiger partial charge in [0.05, 0.1) is 3.79 Å². The van der Waals surface area contributed by atoms with Crippen molar-refractivity contribution in [2.75, 3.05) is 26.2 Å². The Bertz CT molecular complexity index is 555. The second-order valence-corrected chi connectivity index (χ2v) is 8.14. The monoisotopic (exact) mass is 364 g/mol. The van der Waals surface area contributed by atoms with Crippen LogP contribution in [0.5, 0.6) is 0 Å². The lowest BCUT2D eigenvalue weighted by atomic mass is 10.2. The van der Waals surface area contributed by atoms with Crippen molar-refractivity contribution < 1.29 is 0 Å². The lowest BCUT2D eigenvalue weighted by Gasteiger charge is -2.21. The van der Waals surface area contributed by atoms with Crippen LogP contribution >= 0.6 is 27.3 Å². The highest BCUT2D eigenvalue weighted by Gasteiger charge is 2.15. The SMILES string of the molecule is Brc1ccc(CN2CCCN(Cc3ccccc3)CC2)s1. The molecule has 4 heteroatoms. The summed E-state index contributed by atoms with van der Waals surface area (Å²) in [6.07, 6.45) is 1.26. The molecule has 1 aliphatic heterocycles. The number of halogens is 1. The van der Waals surface area contributed by atoms with Crippen LogP contribution in [0.3, 0.4) is 0 Å². The van der Waals surface area contributed by atoms with E-state index in [1.807, 2.05) is 11.3 Å². The van der Waals surface area contributed by atoms with Gasteiger partial charge in [-0.3, -0.25) is 9.80 Å². The van der Waals surface area contributed by atoms with E-state index in [1.54, 1.807) is 0 Å². The third-order valence-electron chi connectivity index (χ3n) is 3.94. The summed E-state index contributed by atoms with van der Waals surface area (Å²) in [6, 6.07) is 15.2. The quantitative estimate of drug-likeness (QED) is 0.801. The number of thiophene rings is 1. The van der Waals surface area contributed by atoms with Crippen molar-refractivity contribution in [2.45, 2.75) is 19.5 Å². The van der Waals surface area contributed by atoms with Crippen molar-refractivity contribution in [3.63, 3.8) is 0 Å². The maximum absolute atomic E-state index is 3.55. The van der Waals surface area contributed by atoms with Crippen molar-refractivity contribution in [2.24, 2.45) is 0 Å². The van der Waals surface area contributed by atoms with Crippen LogP contribution in [0.15, 0.2) is 46.3 Å². The van der Waals surface area contributed by atoms with Crippen molar-refractivity contribution in [1.82, 2.24) is 9.80 Å². The molecule has 1 aromatic heterocycles. The highest BCUT2D eigenvalue weighted by Crippen LogP contribution is 2.23. The zero-order valence-corrected chi connectivity index (χ0v) is 14.6. The molecule has 0 saturated carbocycles. The molecule has 1 saturated heterocycles. The van der Waals surface area contributed by atoms with Gasteiger partial charge in [-0.15, -0.1) is 11.3 Å². The zero-order chi connectivity index (χ0) is 14.5. The summed E-state index contributed by atoms with van der Waals surface area (Å²) in [6.45, 7) is 6.93. The van der Waals surface area contributed by atoms with E-state index in [9.17, 15) is 0 Å². The first-order valence-corrected chi connectivity index (χ1v) is 9.13. The fourth-order valence-corrected chi connectivity index (χ4v) is 4.37. The predicted molar refractivity (Wildman–Crippen MR) is 93.6 cm³/mol. The molecule has 0 bridgehead atoms. The molecule has 2 aromatic rings. The summed E-state index contributed by atoms with van der Waals surface area (Å²) < 4.78 is 1.23. The molecule has 112 valence electrons. The molecule has 1 aliphatic rings. The van der Waals surface area contributed by atoms with Crippen molar-refractivity contribution >= 4 is 27.3 Å². The van der Waals surface area contributed by atoms with E-state index >= 15 is 0 Å². The third kappa shape index (κ3) is 4.65. The normalized spacial score (nSPS) is 17.8. The van der Waals surface area contributed by atoms with Gasteiger partial charge in [0.25, 0.3) is 0 Å². The molecule has 3 rings (SSSR count). The standard InChI is InChI=1S/C17H21BrN2S/c18-17-8-7-16(21-17)14-20-10-4-9-19(11-12-20)13-15-5-2-1-3-6-15/h1-3,5-8H,4,9-14H2. The van der Waals surface area contributed by atoms with E-state index in [2.05, 4.69) is 68.2 Å². The van der Waals surface area contributed by atoms with Crippen LogP contribution in [-0.4, -0.2) is 36.0 Å². The first-order chi connectivity index (χ1) is 10.3. The smallest absolute Gasteiger partial charge is 0.0701 e. The second kappa shape index (κ2) is 7.54. The van der Waals surface area contributed by atoms with Gasteiger partial charge in [-0.2, -0.15) is 0 Å². The molecular weight excluding hydrogens is 344 g/mol. The van der Waals surface area contributed by atoms with Crippen LogP contribution in [0.4, 0.5) is 0 Å². The largest absolute Gasteiger partial charge is 0.298 e. The Morgan fingerprint density at radius 2 is 1.57 bits per heavy atom. The van der Waals surface area contributed by atoms with E-state index in [0.717, 1.165) is 13.1 Å². The molecule has 1 fully saturated rings. The highest BCUT2D eigenvalue weighted by molar-refractivity contribution is 9.11. The first kappa shape index (κ1) is 15.2. The number of nitrogens with zero attached hydrogens (tertiary/aromatic N) is 2. The van der Waals surface area contributed by atoms with Gasteiger partial charge in [-0.05, 0) is 53.1 Å². The van der Waals surface area contributed by atoms with Crippen LogP contribution in [0, 0.1) is 0 Å². The maximum atomic E-state index is 3.55. The van der Waals surface area contributed by atoms with Gasteiger partial charge in [-0.25, -0.2) is 0 Å². The lowest BCUT2D eigenvalue weighted by molar-refractivity contribution is 0.248. The molecule has 0 unspecified atom stereocenters. The molecule has 0 amide bonds. The van der Waals surface area contributed by atoms with Gasteiger partial charge in [0, 0.05) is 31.1 Å². The number of benzene rings is 1. The van der Waals surface area contributed by atoms with Crippen molar-refractivity contribution in [3.8, 4) is 0 Å². The molecule has 0 atom stereocenters. The van der Waals surface area contributed by atoms with Crippen LogP contribution in [0.25, 0.3) is 0 Å². The summed E-state index contributed by atoms with van der Waals surface area (Å²) >= 11 is 5.40. The number of rotatable bonds is 4. The van der Waals surface area contributed by atoms with Crippen LogP contribution in [0.2, 0.25) is 0 Å². The minimum absolute atomic E-state index is 1.08. The average Bonchev–Trinajstić information content (AvgIpc) is 2.77. The number of hydrogen-bond acceptors (Lipinski definition) is 3. The highest BCUT2D eigenvalue weighted by atomic mass is 79.9. The fourth-order valence-electron chi connectivity index (χ4n) is 2.84. The van der Waals surface area contributed by atoms with Crippen molar-refractivity contribution in [3.05, 3.63) is 56.7 Å². The third-order valence-corrected chi connectivity index (χ3v) is 5.55. The predicted octanol–water partition coefficient (Wildman–Crippen LogP) is 4.22. The summed E-state index contributed by atoms with van der Waals surface area (Å²) in [5.41, 5.74) is 1.42. The molecule has 2 heterocycles. The Balaban J connectivity index is 1.52. The Hall–Kier alpha value is -0.680. The lowest BCUT2D eigenvalue weighted by Crippen LogP contribution is -2.30. The Kier molecular flexibility index (Phi) is 5.47. The minimum atomic E-state index is 1.08. The molecule has 0 spiro atoms. The van der Waals surface area contributed by atoms with Crippen LogP contribution < -0.4 is 0 Å². The number of hydrogen-bond donors (Lipinski definition) is 0. The van der Waals surface area contributed by atoms with E-state index in [1.165, 1.54) is 46.8 Å². The van der Waals surface area contributed by atoms with Gasteiger partial charge in [0.1, 0.15) is 0 Å². The molecule has 1 aromatic carbocycles. The second-order valence-electron chi connectivity index (χ2n) is 5.60. The van der Waals surface area contributed by atoms with Crippen molar-refractivity contribution in [1.29, 1.82) is 0 Å². The van der Waals surface area contributed by atoms with Gasteiger partial charge < -0.3 is 0 Å². The van der Waals surface area contributed by atoms with E-state index in [0.29, 0.717) is 0 Å². The van der Waals surface area contributed by atoms with E-state index in [-0.39, 0.29) is 0 Å². The van der Waals surface area contributed by atoms with E-state index in [4.69, 9.17) is 0 Å².